The SMILES string of the molecule is CCOC(Cc1ccc(OCCN(CCCc2ccccc2)C(=O)Oc2ccccc2OC)cc1)C(=O)O. The molecule has 3 aromatic rings. The molecule has 0 heterocycles. The van der Waals surface area contributed by atoms with E-state index in [1.165, 1.54) is 12.7 Å². The lowest BCUT2D eigenvalue weighted by Gasteiger charge is -2.23. The lowest BCUT2D eigenvalue weighted by molar-refractivity contribution is -0.149. The Morgan fingerprint density at radius 2 is 1.55 bits per heavy atom. The molecule has 1 amide bonds. The van der Waals surface area contributed by atoms with Gasteiger partial charge in [0.15, 0.2) is 17.6 Å². The highest BCUT2D eigenvalue weighted by atomic mass is 16.6. The summed E-state index contributed by atoms with van der Waals surface area (Å²) in [5.74, 6) is 0.478. The van der Waals surface area contributed by atoms with Crippen molar-refractivity contribution >= 4 is 12.1 Å². The van der Waals surface area contributed by atoms with Crippen molar-refractivity contribution in [1.29, 1.82) is 0 Å². The van der Waals surface area contributed by atoms with Crippen molar-refractivity contribution in [2.45, 2.75) is 32.3 Å². The summed E-state index contributed by atoms with van der Waals surface area (Å²) in [4.78, 5) is 26.0. The van der Waals surface area contributed by atoms with Crippen LogP contribution in [0.5, 0.6) is 17.2 Å². The number of aliphatic carboxylic acids is 1. The first kappa shape index (κ1) is 28.5. The molecular weight excluding hydrogens is 486 g/mol. The van der Waals surface area contributed by atoms with Crippen molar-refractivity contribution in [3.8, 4) is 17.2 Å². The Morgan fingerprint density at radius 3 is 2.21 bits per heavy atom. The molecule has 0 aliphatic carbocycles. The largest absolute Gasteiger partial charge is 0.493 e. The van der Waals surface area contributed by atoms with Gasteiger partial charge in [0.2, 0.25) is 0 Å². The van der Waals surface area contributed by atoms with Gasteiger partial charge >= 0.3 is 12.1 Å². The monoisotopic (exact) mass is 521 g/mol. The first-order valence-corrected chi connectivity index (χ1v) is 12.7. The van der Waals surface area contributed by atoms with Crippen LogP contribution in [0.3, 0.4) is 0 Å². The summed E-state index contributed by atoms with van der Waals surface area (Å²) in [5, 5.41) is 9.28. The predicted molar refractivity (Wildman–Crippen MR) is 144 cm³/mol. The number of hydrogen-bond acceptors (Lipinski definition) is 6. The van der Waals surface area contributed by atoms with Crippen molar-refractivity contribution < 1.29 is 33.6 Å². The van der Waals surface area contributed by atoms with Crippen LogP contribution in [0.1, 0.15) is 24.5 Å². The number of rotatable bonds is 15. The van der Waals surface area contributed by atoms with Crippen molar-refractivity contribution in [2.75, 3.05) is 33.4 Å². The van der Waals surface area contributed by atoms with Gasteiger partial charge in [-0.25, -0.2) is 9.59 Å². The molecular formula is C30H35NO7. The van der Waals surface area contributed by atoms with E-state index in [0.717, 1.165) is 18.4 Å². The molecule has 1 unspecified atom stereocenters. The van der Waals surface area contributed by atoms with Gasteiger partial charge in [0.05, 0.1) is 13.7 Å². The number of carboxylic acid groups (broad SMARTS) is 1. The van der Waals surface area contributed by atoms with Crippen LogP contribution in [0.4, 0.5) is 4.79 Å². The van der Waals surface area contributed by atoms with E-state index in [4.69, 9.17) is 18.9 Å². The number of benzene rings is 3. The van der Waals surface area contributed by atoms with E-state index >= 15 is 0 Å². The van der Waals surface area contributed by atoms with E-state index in [1.807, 2.05) is 36.4 Å². The number of hydrogen-bond donors (Lipinski definition) is 1. The second kappa shape index (κ2) is 15.3. The first-order chi connectivity index (χ1) is 18.5. The molecule has 1 N–H and O–H groups in total. The molecule has 0 aliphatic rings. The molecule has 3 aromatic carbocycles. The molecule has 38 heavy (non-hydrogen) atoms. The summed E-state index contributed by atoms with van der Waals surface area (Å²) >= 11 is 0. The van der Waals surface area contributed by atoms with E-state index in [9.17, 15) is 14.7 Å². The van der Waals surface area contributed by atoms with Crippen LogP contribution in [-0.4, -0.2) is 61.6 Å². The van der Waals surface area contributed by atoms with E-state index in [2.05, 4.69) is 12.1 Å². The Morgan fingerprint density at radius 1 is 0.868 bits per heavy atom. The quantitative estimate of drug-likeness (QED) is 0.292. The summed E-state index contributed by atoms with van der Waals surface area (Å²) in [6.07, 6.45) is 0.515. The number of nitrogens with zero attached hydrogens (tertiary/aromatic N) is 1. The number of amides is 1. The van der Waals surface area contributed by atoms with Gasteiger partial charge in [0.1, 0.15) is 12.4 Å². The number of methoxy groups -OCH3 is 1. The maximum absolute atomic E-state index is 13.1. The molecule has 0 aromatic heterocycles. The third-order valence-corrected chi connectivity index (χ3v) is 5.88. The fourth-order valence-corrected chi connectivity index (χ4v) is 3.90. The molecule has 0 bridgehead atoms. The summed E-state index contributed by atoms with van der Waals surface area (Å²) in [6, 6.07) is 24.3. The molecule has 0 spiro atoms. The molecule has 0 saturated carbocycles. The van der Waals surface area contributed by atoms with Gasteiger partial charge in [0.25, 0.3) is 0 Å². The zero-order chi connectivity index (χ0) is 27.2. The predicted octanol–water partition coefficient (Wildman–Crippen LogP) is 5.24. The molecule has 0 saturated heterocycles. The Labute approximate surface area is 223 Å². The average molecular weight is 522 g/mol. The third kappa shape index (κ3) is 9.12. The molecule has 202 valence electrons. The number of carbonyl (C=O) groups excluding carboxylic acids is 1. The number of para-hydroxylation sites is 2. The van der Waals surface area contributed by atoms with Gasteiger partial charge in [-0.2, -0.15) is 0 Å². The van der Waals surface area contributed by atoms with Crippen molar-refractivity contribution in [3.63, 3.8) is 0 Å². The zero-order valence-electron chi connectivity index (χ0n) is 21.9. The average Bonchev–Trinajstić information content (AvgIpc) is 2.93. The van der Waals surface area contributed by atoms with Gasteiger partial charge < -0.3 is 29.0 Å². The van der Waals surface area contributed by atoms with Crippen molar-refractivity contribution in [3.05, 3.63) is 90.0 Å². The van der Waals surface area contributed by atoms with Crippen molar-refractivity contribution in [1.82, 2.24) is 4.90 Å². The Balaban J connectivity index is 1.58. The summed E-state index contributed by atoms with van der Waals surface area (Å²) in [5.41, 5.74) is 2.04. The molecule has 1 atom stereocenters. The molecule has 0 fully saturated rings. The van der Waals surface area contributed by atoms with Gasteiger partial charge in [-0.05, 0) is 55.2 Å². The first-order valence-electron chi connectivity index (χ1n) is 12.7. The minimum Gasteiger partial charge on any atom is -0.493 e. The maximum Gasteiger partial charge on any atom is 0.415 e. The number of ether oxygens (including phenoxy) is 4. The molecule has 8 nitrogen and oxygen atoms in total. The molecule has 3 rings (SSSR count). The van der Waals surface area contributed by atoms with Crippen molar-refractivity contribution in [2.24, 2.45) is 0 Å². The van der Waals surface area contributed by atoms with Crippen LogP contribution >= 0.6 is 0 Å². The fraction of sp³-hybridized carbons (Fsp3) is 0.333. The standard InChI is InChI=1S/C30H35NO7/c1-3-36-28(29(32)33)22-24-15-17-25(18-16-24)37-21-20-31(19-9-12-23-10-5-4-6-11-23)30(34)38-27-14-8-7-13-26(27)35-2/h4-8,10-11,13-18,28H,3,9,12,19-22H2,1-2H3,(H,32,33). The highest BCUT2D eigenvalue weighted by Crippen LogP contribution is 2.26. The van der Waals surface area contributed by atoms with E-state index in [1.54, 1.807) is 42.2 Å². The maximum atomic E-state index is 13.1. The summed E-state index contributed by atoms with van der Waals surface area (Å²) in [7, 11) is 1.53. The van der Waals surface area contributed by atoms with Crippen LogP contribution in [0, 0.1) is 0 Å². The highest BCUT2D eigenvalue weighted by molar-refractivity contribution is 5.73. The summed E-state index contributed by atoms with van der Waals surface area (Å²) in [6.45, 7) is 3.20. The second-order valence-corrected chi connectivity index (χ2v) is 8.57. The van der Waals surface area contributed by atoms with Crippen LogP contribution in [-0.2, 0) is 22.4 Å². The number of carbonyl (C=O) groups is 2. The van der Waals surface area contributed by atoms with Gasteiger partial charge in [0, 0.05) is 19.6 Å². The third-order valence-electron chi connectivity index (χ3n) is 5.88. The fourth-order valence-electron chi connectivity index (χ4n) is 3.90. The minimum absolute atomic E-state index is 0.266. The molecule has 0 radical (unpaired) electrons. The smallest absolute Gasteiger partial charge is 0.415 e. The Bertz CT molecular complexity index is 1130. The highest BCUT2D eigenvalue weighted by Gasteiger charge is 2.19. The lowest BCUT2D eigenvalue weighted by Crippen LogP contribution is -2.37. The minimum atomic E-state index is -0.987. The Hall–Kier alpha value is -4.04. The van der Waals surface area contributed by atoms with Crippen LogP contribution < -0.4 is 14.2 Å². The second-order valence-electron chi connectivity index (χ2n) is 8.57. The topological polar surface area (TPSA) is 94.5 Å². The van der Waals surface area contributed by atoms with Gasteiger partial charge in [-0.3, -0.25) is 0 Å². The number of carboxylic acids is 1. The number of aryl methyl sites for hydroxylation is 1. The van der Waals surface area contributed by atoms with E-state index < -0.39 is 18.2 Å². The molecule has 8 heteroatoms. The Kier molecular flexibility index (Phi) is 11.5. The summed E-state index contributed by atoms with van der Waals surface area (Å²) < 4.78 is 22.1. The zero-order valence-corrected chi connectivity index (χ0v) is 21.9. The van der Waals surface area contributed by atoms with Crippen LogP contribution in [0.25, 0.3) is 0 Å². The van der Waals surface area contributed by atoms with E-state index in [0.29, 0.717) is 36.9 Å². The van der Waals surface area contributed by atoms with E-state index in [-0.39, 0.29) is 13.0 Å². The molecule has 0 aliphatic heterocycles. The van der Waals surface area contributed by atoms with Crippen LogP contribution in [0.15, 0.2) is 78.9 Å². The lowest BCUT2D eigenvalue weighted by atomic mass is 10.1. The van der Waals surface area contributed by atoms with Gasteiger partial charge in [-0.1, -0.05) is 54.6 Å². The normalized spacial score (nSPS) is 11.4. The van der Waals surface area contributed by atoms with Crippen LogP contribution in [0.2, 0.25) is 0 Å². The van der Waals surface area contributed by atoms with Gasteiger partial charge in [-0.15, -0.1) is 0 Å².